The Balaban J connectivity index is 1.79. The van der Waals surface area contributed by atoms with Gasteiger partial charge in [-0.25, -0.2) is 4.79 Å². The van der Waals surface area contributed by atoms with Crippen molar-refractivity contribution >= 4 is 60.1 Å². The Morgan fingerprint density at radius 3 is 2.81 bits per heavy atom. The number of ether oxygens (including phenoxy) is 1. The second-order valence-corrected chi connectivity index (χ2v) is 7.53. The smallest absolute Gasteiger partial charge is 0.348 e. The van der Waals surface area contributed by atoms with E-state index >= 15 is 0 Å². The third-order valence-corrected chi connectivity index (χ3v) is 6.16. The van der Waals surface area contributed by atoms with Crippen LogP contribution < -0.4 is 0 Å². The second kappa shape index (κ2) is 6.25. The summed E-state index contributed by atoms with van der Waals surface area (Å²) < 4.78 is 7.11. The van der Waals surface area contributed by atoms with Crippen LogP contribution in [0, 0.1) is 0 Å². The van der Waals surface area contributed by atoms with Crippen molar-refractivity contribution in [3.8, 4) is 0 Å². The summed E-state index contributed by atoms with van der Waals surface area (Å²) in [4.78, 5) is 16.9. The van der Waals surface area contributed by atoms with Crippen LogP contribution >= 0.6 is 43.2 Å². The van der Waals surface area contributed by atoms with Crippen LogP contribution in [0.5, 0.6) is 0 Å². The summed E-state index contributed by atoms with van der Waals surface area (Å²) in [5.74, 6) is -0.334. The van der Waals surface area contributed by atoms with Gasteiger partial charge in [-0.1, -0.05) is 24.3 Å². The molecule has 3 rings (SSSR count). The van der Waals surface area contributed by atoms with Crippen LogP contribution in [0.2, 0.25) is 0 Å². The van der Waals surface area contributed by atoms with Gasteiger partial charge in [0.1, 0.15) is 11.5 Å². The number of nitrogens with zero attached hydrogens (tertiary/aromatic N) is 1. The van der Waals surface area contributed by atoms with Crippen LogP contribution in [0.25, 0.3) is 10.9 Å². The number of aromatic nitrogens is 1. The average molecular weight is 427 g/mol. The fraction of sp³-hybridized carbons (Fsp3) is 0.0667. The predicted molar refractivity (Wildman–Crippen MR) is 90.6 cm³/mol. The predicted octanol–water partition coefficient (Wildman–Crippen LogP) is 5.18. The molecule has 0 spiro atoms. The fourth-order valence-corrected chi connectivity index (χ4v) is 3.87. The number of carbonyl (C=O) groups excluding carboxylic acids is 1. The molecule has 0 bridgehead atoms. The molecule has 0 aliphatic carbocycles. The molecule has 0 aliphatic heterocycles. The first-order chi connectivity index (χ1) is 10.1. The monoisotopic (exact) mass is 425 g/mol. The number of thiophene rings is 1. The molecule has 0 N–H and O–H groups in total. The second-order valence-electron chi connectivity index (χ2n) is 4.30. The van der Waals surface area contributed by atoms with Crippen molar-refractivity contribution in [2.24, 2.45) is 0 Å². The maximum absolute atomic E-state index is 12.0. The highest BCUT2D eigenvalue weighted by Crippen LogP contribution is 2.32. The molecule has 0 atom stereocenters. The van der Waals surface area contributed by atoms with E-state index < -0.39 is 0 Å². The molecule has 6 heteroatoms. The molecule has 2 aromatic heterocycles. The van der Waals surface area contributed by atoms with E-state index in [0.717, 1.165) is 24.7 Å². The van der Waals surface area contributed by atoms with E-state index in [1.54, 1.807) is 12.3 Å². The van der Waals surface area contributed by atoms with Crippen molar-refractivity contribution in [2.45, 2.75) is 6.61 Å². The van der Waals surface area contributed by atoms with Crippen LogP contribution in [-0.2, 0) is 11.3 Å². The van der Waals surface area contributed by atoms with Gasteiger partial charge in [-0.3, -0.25) is 4.98 Å². The first-order valence-electron chi connectivity index (χ1n) is 6.10. The van der Waals surface area contributed by atoms with Crippen LogP contribution in [0.1, 0.15) is 15.2 Å². The number of benzene rings is 1. The van der Waals surface area contributed by atoms with E-state index in [4.69, 9.17) is 4.74 Å². The molecular weight excluding hydrogens is 418 g/mol. The number of carbonyl (C=O) groups is 1. The van der Waals surface area contributed by atoms with Gasteiger partial charge in [0.2, 0.25) is 0 Å². The summed E-state index contributed by atoms with van der Waals surface area (Å²) in [5.41, 5.74) is 1.76. The Morgan fingerprint density at radius 1 is 1.24 bits per heavy atom. The molecule has 106 valence electrons. The maximum Gasteiger partial charge on any atom is 0.348 e. The number of hydrogen-bond donors (Lipinski definition) is 0. The third kappa shape index (κ3) is 3.17. The highest BCUT2D eigenvalue weighted by Gasteiger charge is 2.14. The Bertz CT molecular complexity index is 792. The minimum atomic E-state index is -0.334. The quantitative estimate of drug-likeness (QED) is 0.541. The van der Waals surface area contributed by atoms with Crippen molar-refractivity contribution in [3.05, 3.63) is 61.3 Å². The van der Waals surface area contributed by atoms with E-state index in [9.17, 15) is 4.79 Å². The highest BCUT2D eigenvalue weighted by atomic mass is 79.9. The number of esters is 1. The molecule has 0 saturated heterocycles. The van der Waals surface area contributed by atoms with Crippen LogP contribution in [0.15, 0.2) is 50.9 Å². The van der Waals surface area contributed by atoms with Gasteiger partial charge < -0.3 is 4.74 Å². The van der Waals surface area contributed by atoms with Crippen LogP contribution in [0.3, 0.4) is 0 Å². The van der Waals surface area contributed by atoms with Gasteiger partial charge in [-0.2, -0.15) is 0 Å². The lowest BCUT2D eigenvalue weighted by Gasteiger charge is -2.06. The maximum atomic E-state index is 12.0. The Morgan fingerprint density at radius 2 is 2.05 bits per heavy atom. The zero-order valence-corrected chi connectivity index (χ0v) is 14.7. The largest absolute Gasteiger partial charge is 0.457 e. The SMILES string of the molecule is O=C(OCc1cccc2cccnc12)c1cc(Br)c(Br)s1. The minimum Gasteiger partial charge on any atom is -0.457 e. The van der Waals surface area contributed by atoms with Crippen molar-refractivity contribution in [1.29, 1.82) is 0 Å². The zero-order valence-electron chi connectivity index (χ0n) is 10.7. The van der Waals surface area contributed by atoms with Crippen molar-refractivity contribution in [2.75, 3.05) is 0 Å². The Labute approximate surface area is 142 Å². The van der Waals surface area contributed by atoms with Gasteiger partial charge >= 0.3 is 5.97 Å². The number of fused-ring (bicyclic) bond motifs is 1. The third-order valence-electron chi connectivity index (χ3n) is 2.92. The molecule has 0 radical (unpaired) electrons. The standard InChI is InChI=1S/C15H9Br2NO2S/c16-11-7-12(21-14(11)17)15(19)20-8-10-4-1-3-9-5-2-6-18-13(9)10/h1-7H,8H2. The number of hydrogen-bond acceptors (Lipinski definition) is 4. The normalized spacial score (nSPS) is 10.8. The first kappa shape index (κ1) is 14.7. The molecule has 0 saturated carbocycles. The summed E-state index contributed by atoms with van der Waals surface area (Å²) in [6.07, 6.45) is 1.74. The number of halogens is 2. The lowest BCUT2D eigenvalue weighted by Crippen LogP contribution is -2.03. The summed E-state index contributed by atoms with van der Waals surface area (Å²) in [6.45, 7) is 0.209. The fourth-order valence-electron chi connectivity index (χ4n) is 1.95. The van der Waals surface area contributed by atoms with Crippen molar-refractivity contribution in [3.63, 3.8) is 0 Å². The zero-order chi connectivity index (χ0) is 14.8. The lowest BCUT2D eigenvalue weighted by molar-refractivity contribution is 0.0480. The molecule has 2 heterocycles. The van der Waals surface area contributed by atoms with Crippen LogP contribution in [-0.4, -0.2) is 11.0 Å². The number of rotatable bonds is 3. The molecule has 0 fully saturated rings. The average Bonchev–Trinajstić information content (AvgIpc) is 2.84. The molecule has 0 unspecified atom stereocenters. The van der Waals surface area contributed by atoms with Gasteiger partial charge in [0, 0.05) is 21.6 Å². The van der Waals surface area contributed by atoms with Gasteiger partial charge in [0.15, 0.2) is 0 Å². The molecular formula is C15H9Br2NO2S. The van der Waals surface area contributed by atoms with Gasteiger partial charge in [-0.05, 0) is 44.0 Å². The molecule has 1 aromatic carbocycles. The van der Waals surface area contributed by atoms with Crippen molar-refractivity contribution < 1.29 is 9.53 Å². The topological polar surface area (TPSA) is 39.2 Å². The van der Waals surface area contributed by atoms with E-state index in [1.165, 1.54) is 11.3 Å². The molecule has 3 nitrogen and oxygen atoms in total. The van der Waals surface area contributed by atoms with Gasteiger partial charge in [0.05, 0.1) is 9.30 Å². The summed E-state index contributed by atoms with van der Waals surface area (Å²) in [5, 5.41) is 1.03. The van der Waals surface area contributed by atoms with Gasteiger partial charge in [0.25, 0.3) is 0 Å². The number of para-hydroxylation sites is 1. The Hall–Kier alpha value is -1.24. The first-order valence-corrected chi connectivity index (χ1v) is 8.50. The summed E-state index contributed by atoms with van der Waals surface area (Å²) >= 11 is 8.07. The minimum absolute atomic E-state index is 0.209. The van der Waals surface area contributed by atoms with E-state index in [2.05, 4.69) is 36.8 Å². The number of pyridine rings is 1. The van der Waals surface area contributed by atoms with Crippen LogP contribution in [0.4, 0.5) is 0 Å². The van der Waals surface area contributed by atoms with E-state index in [1.807, 2.05) is 30.3 Å². The van der Waals surface area contributed by atoms with E-state index in [-0.39, 0.29) is 12.6 Å². The molecule has 0 aliphatic rings. The van der Waals surface area contributed by atoms with Gasteiger partial charge in [-0.15, -0.1) is 11.3 Å². The Kier molecular flexibility index (Phi) is 4.37. The molecule has 21 heavy (non-hydrogen) atoms. The highest BCUT2D eigenvalue weighted by molar-refractivity contribution is 9.13. The van der Waals surface area contributed by atoms with Crippen molar-refractivity contribution in [1.82, 2.24) is 4.98 Å². The lowest BCUT2D eigenvalue weighted by atomic mass is 10.1. The van der Waals surface area contributed by atoms with E-state index in [0.29, 0.717) is 4.88 Å². The molecule has 3 aromatic rings. The summed E-state index contributed by atoms with van der Waals surface area (Å²) in [7, 11) is 0. The summed E-state index contributed by atoms with van der Waals surface area (Å²) in [6, 6.07) is 11.5. The molecule has 0 amide bonds.